The molecular formula is C7H14INO. The average Bonchev–Trinajstić information content (AvgIpc) is 1.95. The standard InChI is InChI=1S/C7H14INO/c8-3-6-9-4-1-7(10)2-5-9/h7,10H,1-6H2. The monoisotopic (exact) mass is 255 g/mol. The molecule has 0 aromatic heterocycles. The fourth-order valence-electron chi connectivity index (χ4n) is 1.26. The number of aliphatic hydroxyl groups is 1. The first-order valence-electron chi connectivity index (χ1n) is 3.79. The van der Waals surface area contributed by atoms with Crippen molar-refractivity contribution < 1.29 is 5.11 Å². The Hall–Kier alpha value is 0.650. The molecule has 0 aliphatic carbocycles. The zero-order chi connectivity index (χ0) is 7.40. The van der Waals surface area contributed by atoms with Gasteiger partial charge in [0.1, 0.15) is 0 Å². The van der Waals surface area contributed by atoms with E-state index in [1.54, 1.807) is 0 Å². The summed E-state index contributed by atoms with van der Waals surface area (Å²) in [6.07, 6.45) is 1.92. The summed E-state index contributed by atoms with van der Waals surface area (Å²) < 4.78 is 1.20. The fourth-order valence-corrected chi connectivity index (χ4v) is 1.94. The normalized spacial score (nSPS) is 23.4. The lowest BCUT2D eigenvalue weighted by Crippen LogP contribution is -2.36. The highest BCUT2D eigenvalue weighted by Crippen LogP contribution is 2.09. The largest absolute Gasteiger partial charge is 0.393 e. The van der Waals surface area contributed by atoms with E-state index in [0.717, 1.165) is 25.9 Å². The highest BCUT2D eigenvalue weighted by molar-refractivity contribution is 14.1. The molecule has 0 aromatic carbocycles. The molecule has 0 atom stereocenters. The van der Waals surface area contributed by atoms with E-state index in [1.807, 2.05) is 0 Å². The first-order chi connectivity index (χ1) is 4.83. The van der Waals surface area contributed by atoms with Crippen LogP contribution in [0.1, 0.15) is 12.8 Å². The summed E-state index contributed by atoms with van der Waals surface area (Å²) in [4.78, 5) is 2.42. The van der Waals surface area contributed by atoms with Crippen LogP contribution in [0, 0.1) is 0 Å². The Morgan fingerprint density at radius 3 is 2.50 bits per heavy atom. The summed E-state index contributed by atoms with van der Waals surface area (Å²) in [6, 6.07) is 0. The van der Waals surface area contributed by atoms with Gasteiger partial charge in [-0.2, -0.15) is 0 Å². The van der Waals surface area contributed by atoms with Crippen molar-refractivity contribution in [1.82, 2.24) is 4.90 Å². The lowest BCUT2D eigenvalue weighted by Gasteiger charge is -2.28. The van der Waals surface area contributed by atoms with Crippen molar-refractivity contribution in [3.63, 3.8) is 0 Å². The second-order valence-corrected chi connectivity index (χ2v) is 3.84. The highest BCUT2D eigenvalue weighted by Gasteiger charge is 2.15. The number of likely N-dealkylation sites (tertiary alicyclic amines) is 1. The van der Waals surface area contributed by atoms with Gasteiger partial charge in [0.2, 0.25) is 0 Å². The maximum atomic E-state index is 9.17. The third-order valence-corrected chi connectivity index (χ3v) is 2.44. The number of nitrogens with zero attached hydrogens (tertiary/aromatic N) is 1. The molecule has 1 heterocycles. The van der Waals surface area contributed by atoms with Crippen LogP contribution >= 0.6 is 22.6 Å². The van der Waals surface area contributed by atoms with Gasteiger partial charge in [-0.1, -0.05) is 22.6 Å². The Kier molecular flexibility index (Phi) is 3.95. The number of piperidine rings is 1. The van der Waals surface area contributed by atoms with E-state index in [-0.39, 0.29) is 6.10 Å². The van der Waals surface area contributed by atoms with Crippen molar-refractivity contribution in [2.24, 2.45) is 0 Å². The van der Waals surface area contributed by atoms with Crippen LogP contribution in [-0.4, -0.2) is 40.2 Å². The molecule has 2 nitrogen and oxygen atoms in total. The Morgan fingerprint density at radius 2 is 2.00 bits per heavy atom. The van der Waals surface area contributed by atoms with Crippen LogP contribution in [0.5, 0.6) is 0 Å². The van der Waals surface area contributed by atoms with Gasteiger partial charge in [-0.25, -0.2) is 0 Å². The molecule has 0 radical (unpaired) electrons. The summed E-state index contributed by atoms with van der Waals surface area (Å²) in [5.41, 5.74) is 0. The smallest absolute Gasteiger partial charge is 0.0564 e. The van der Waals surface area contributed by atoms with Crippen LogP contribution in [0.3, 0.4) is 0 Å². The number of hydrogen-bond donors (Lipinski definition) is 1. The van der Waals surface area contributed by atoms with Gasteiger partial charge in [-0.3, -0.25) is 0 Å². The third kappa shape index (κ3) is 2.72. The minimum Gasteiger partial charge on any atom is -0.393 e. The van der Waals surface area contributed by atoms with E-state index in [9.17, 15) is 0 Å². The number of rotatable bonds is 2. The quantitative estimate of drug-likeness (QED) is 0.585. The summed E-state index contributed by atoms with van der Waals surface area (Å²) in [5.74, 6) is 0. The second kappa shape index (κ2) is 4.51. The molecule has 0 saturated carbocycles. The maximum absolute atomic E-state index is 9.17. The van der Waals surface area contributed by atoms with Crippen molar-refractivity contribution in [1.29, 1.82) is 0 Å². The molecule has 1 N–H and O–H groups in total. The van der Waals surface area contributed by atoms with Crippen LogP contribution in [0.15, 0.2) is 0 Å². The third-order valence-electron chi connectivity index (χ3n) is 1.96. The minimum absolute atomic E-state index is 0.0227. The van der Waals surface area contributed by atoms with Gasteiger partial charge in [-0.15, -0.1) is 0 Å². The zero-order valence-electron chi connectivity index (χ0n) is 6.09. The zero-order valence-corrected chi connectivity index (χ0v) is 8.25. The molecule has 60 valence electrons. The Balaban J connectivity index is 2.13. The molecule has 1 rings (SSSR count). The molecule has 1 aliphatic rings. The molecule has 1 fully saturated rings. The summed E-state index contributed by atoms with van der Waals surface area (Å²) in [7, 11) is 0. The van der Waals surface area contributed by atoms with Crippen molar-refractivity contribution in [3.8, 4) is 0 Å². The minimum atomic E-state index is -0.0227. The van der Waals surface area contributed by atoms with E-state index < -0.39 is 0 Å². The first-order valence-corrected chi connectivity index (χ1v) is 5.32. The van der Waals surface area contributed by atoms with Crippen molar-refractivity contribution in [2.45, 2.75) is 18.9 Å². The Morgan fingerprint density at radius 1 is 1.40 bits per heavy atom. The predicted octanol–water partition coefficient (Wildman–Crippen LogP) is 0.878. The van der Waals surface area contributed by atoms with Gasteiger partial charge >= 0.3 is 0 Å². The van der Waals surface area contributed by atoms with Gasteiger partial charge in [-0.05, 0) is 12.8 Å². The summed E-state index contributed by atoms with van der Waals surface area (Å²) in [6.45, 7) is 3.36. The number of halogens is 1. The molecule has 1 aliphatic heterocycles. The Bertz CT molecular complexity index is 91.6. The predicted molar refractivity (Wildman–Crippen MR) is 50.6 cm³/mol. The molecule has 0 unspecified atom stereocenters. The van der Waals surface area contributed by atoms with Crippen molar-refractivity contribution >= 4 is 22.6 Å². The molecule has 0 spiro atoms. The van der Waals surface area contributed by atoms with Crippen LogP contribution in [-0.2, 0) is 0 Å². The van der Waals surface area contributed by atoms with E-state index in [2.05, 4.69) is 27.5 Å². The van der Waals surface area contributed by atoms with Gasteiger partial charge in [0.05, 0.1) is 6.10 Å². The van der Waals surface area contributed by atoms with Crippen molar-refractivity contribution in [2.75, 3.05) is 24.1 Å². The van der Waals surface area contributed by atoms with Gasteiger partial charge in [0.25, 0.3) is 0 Å². The molecule has 0 bridgehead atoms. The molecule has 0 aromatic rings. The molecule has 10 heavy (non-hydrogen) atoms. The van der Waals surface area contributed by atoms with Crippen LogP contribution in [0.25, 0.3) is 0 Å². The fraction of sp³-hybridized carbons (Fsp3) is 1.00. The number of hydrogen-bond acceptors (Lipinski definition) is 2. The Labute approximate surface area is 75.7 Å². The van der Waals surface area contributed by atoms with Crippen LogP contribution < -0.4 is 0 Å². The highest BCUT2D eigenvalue weighted by atomic mass is 127. The lowest BCUT2D eigenvalue weighted by molar-refractivity contribution is 0.0860. The number of aliphatic hydroxyl groups excluding tert-OH is 1. The van der Waals surface area contributed by atoms with Gasteiger partial charge in [0, 0.05) is 24.1 Å². The van der Waals surface area contributed by atoms with Crippen LogP contribution in [0.4, 0.5) is 0 Å². The maximum Gasteiger partial charge on any atom is 0.0564 e. The van der Waals surface area contributed by atoms with Crippen LogP contribution in [0.2, 0.25) is 0 Å². The van der Waals surface area contributed by atoms with Gasteiger partial charge in [0.15, 0.2) is 0 Å². The topological polar surface area (TPSA) is 23.5 Å². The molecule has 1 saturated heterocycles. The molecule has 0 amide bonds. The number of alkyl halides is 1. The first kappa shape index (κ1) is 8.74. The summed E-state index contributed by atoms with van der Waals surface area (Å²) >= 11 is 2.39. The van der Waals surface area contributed by atoms with E-state index in [1.165, 1.54) is 11.0 Å². The van der Waals surface area contributed by atoms with E-state index >= 15 is 0 Å². The second-order valence-electron chi connectivity index (χ2n) is 2.76. The van der Waals surface area contributed by atoms with Crippen molar-refractivity contribution in [3.05, 3.63) is 0 Å². The summed E-state index contributed by atoms with van der Waals surface area (Å²) in [5, 5.41) is 9.17. The molecular weight excluding hydrogens is 241 g/mol. The SMILES string of the molecule is OC1CCN(CCI)CC1. The van der Waals surface area contributed by atoms with E-state index in [4.69, 9.17) is 5.11 Å². The average molecular weight is 255 g/mol. The van der Waals surface area contributed by atoms with E-state index in [0.29, 0.717) is 0 Å². The van der Waals surface area contributed by atoms with Gasteiger partial charge < -0.3 is 10.0 Å². The molecule has 3 heteroatoms. The lowest BCUT2D eigenvalue weighted by atomic mass is 10.1.